The zero-order valence-corrected chi connectivity index (χ0v) is 13.1. The molecule has 5 nitrogen and oxygen atoms in total. The van der Waals surface area contributed by atoms with Crippen LogP contribution in [0.2, 0.25) is 0 Å². The molecule has 0 fully saturated rings. The molecule has 1 aromatic carbocycles. The number of phenols is 1. The Labute approximate surface area is 125 Å². The summed E-state index contributed by atoms with van der Waals surface area (Å²) in [6, 6.07) is 7.50. The molecule has 114 valence electrons. The predicted octanol–water partition coefficient (Wildman–Crippen LogP) is 2.55. The number of aromatic nitrogens is 2. The molecule has 0 radical (unpaired) electrons. The van der Waals surface area contributed by atoms with Crippen LogP contribution in [0.15, 0.2) is 24.3 Å². The third-order valence-corrected chi connectivity index (χ3v) is 3.47. The van der Waals surface area contributed by atoms with Gasteiger partial charge in [0.2, 0.25) is 0 Å². The lowest BCUT2D eigenvalue weighted by atomic mass is 10.1. The molecule has 2 aromatic rings. The van der Waals surface area contributed by atoms with Crippen LogP contribution < -0.4 is 10.1 Å². The Balaban J connectivity index is 1.95. The molecule has 0 aliphatic heterocycles. The molecule has 0 aliphatic rings. The minimum atomic E-state index is 0.162. The van der Waals surface area contributed by atoms with E-state index in [0.29, 0.717) is 18.2 Å². The number of hydrogen-bond acceptors (Lipinski definition) is 4. The van der Waals surface area contributed by atoms with E-state index in [0.717, 1.165) is 23.5 Å². The van der Waals surface area contributed by atoms with E-state index in [9.17, 15) is 5.11 Å². The number of nitrogens with one attached hydrogen (secondary N) is 1. The summed E-state index contributed by atoms with van der Waals surface area (Å²) in [5, 5.41) is 17.5. The summed E-state index contributed by atoms with van der Waals surface area (Å²) in [4.78, 5) is 0. The standard InChI is InChI=1S/C16H23N3O2/c1-11(2)14-8-13(19(3)18-14)10-17-9-12-5-6-15(20)16(7-12)21-4/h5-8,11,17,20H,9-10H2,1-4H3. The van der Waals surface area contributed by atoms with E-state index in [1.165, 1.54) is 0 Å². The normalized spacial score (nSPS) is 11.1. The first-order chi connectivity index (χ1) is 10.0. The lowest BCUT2D eigenvalue weighted by Gasteiger charge is -2.08. The van der Waals surface area contributed by atoms with Crippen molar-refractivity contribution in [2.45, 2.75) is 32.9 Å². The number of phenolic OH excluding ortho intramolecular Hbond substituents is 1. The maximum Gasteiger partial charge on any atom is 0.160 e. The van der Waals surface area contributed by atoms with Crippen LogP contribution in [-0.4, -0.2) is 22.0 Å². The summed E-state index contributed by atoms with van der Waals surface area (Å²) < 4.78 is 7.02. The molecule has 0 unspecified atom stereocenters. The highest BCUT2D eigenvalue weighted by atomic mass is 16.5. The van der Waals surface area contributed by atoms with Gasteiger partial charge in [-0.25, -0.2) is 0 Å². The van der Waals surface area contributed by atoms with E-state index in [1.54, 1.807) is 13.2 Å². The monoisotopic (exact) mass is 289 g/mol. The van der Waals surface area contributed by atoms with Crippen LogP contribution >= 0.6 is 0 Å². The molecule has 0 spiro atoms. The maximum absolute atomic E-state index is 9.57. The lowest BCUT2D eigenvalue weighted by molar-refractivity contribution is 0.372. The average molecular weight is 289 g/mol. The number of methoxy groups -OCH3 is 1. The van der Waals surface area contributed by atoms with Gasteiger partial charge in [-0.1, -0.05) is 19.9 Å². The number of benzene rings is 1. The van der Waals surface area contributed by atoms with Gasteiger partial charge in [-0.2, -0.15) is 5.10 Å². The SMILES string of the molecule is COc1cc(CNCc2cc(C(C)C)nn2C)ccc1O. The quantitative estimate of drug-likeness (QED) is 0.858. The highest BCUT2D eigenvalue weighted by Crippen LogP contribution is 2.26. The zero-order chi connectivity index (χ0) is 15.4. The molecule has 2 rings (SSSR count). The van der Waals surface area contributed by atoms with Crippen molar-refractivity contribution in [3.8, 4) is 11.5 Å². The van der Waals surface area contributed by atoms with Crippen molar-refractivity contribution in [1.29, 1.82) is 0 Å². The van der Waals surface area contributed by atoms with Gasteiger partial charge in [-0.05, 0) is 29.7 Å². The number of hydrogen-bond donors (Lipinski definition) is 2. The Morgan fingerprint density at radius 1 is 1.29 bits per heavy atom. The Kier molecular flexibility index (Phi) is 4.85. The van der Waals surface area contributed by atoms with Crippen molar-refractivity contribution in [2.75, 3.05) is 7.11 Å². The van der Waals surface area contributed by atoms with Crippen molar-refractivity contribution in [3.05, 3.63) is 41.2 Å². The van der Waals surface area contributed by atoms with Crippen LogP contribution in [0.1, 0.15) is 36.7 Å². The molecule has 1 heterocycles. The van der Waals surface area contributed by atoms with E-state index < -0.39 is 0 Å². The molecule has 0 saturated heterocycles. The van der Waals surface area contributed by atoms with E-state index in [-0.39, 0.29) is 5.75 Å². The third kappa shape index (κ3) is 3.76. The molecular formula is C16H23N3O2. The summed E-state index contributed by atoms with van der Waals surface area (Å²) in [7, 11) is 3.52. The van der Waals surface area contributed by atoms with Crippen LogP contribution in [0.25, 0.3) is 0 Å². The summed E-state index contributed by atoms with van der Waals surface area (Å²) in [6.45, 7) is 5.74. The summed E-state index contributed by atoms with van der Waals surface area (Å²) in [5.74, 6) is 1.10. The van der Waals surface area contributed by atoms with Crippen molar-refractivity contribution >= 4 is 0 Å². The third-order valence-electron chi connectivity index (χ3n) is 3.47. The smallest absolute Gasteiger partial charge is 0.160 e. The topological polar surface area (TPSA) is 59.3 Å². The van der Waals surface area contributed by atoms with Crippen LogP contribution in [-0.2, 0) is 20.1 Å². The Bertz CT molecular complexity index is 606. The van der Waals surface area contributed by atoms with Gasteiger partial charge in [0.1, 0.15) is 0 Å². The highest BCUT2D eigenvalue weighted by Gasteiger charge is 2.08. The minimum Gasteiger partial charge on any atom is -0.504 e. The first kappa shape index (κ1) is 15.4. The average Bonchev–Trinajstić information content (AvgIpc) is 2.82. The van der Waals surface area contributed by atoms with E-state index >= 15 is 0 Å². The van der Waals surface area contributed by atoms with Crippen LogP contribution in [0.3, 0.4) is 0 Å². The molecule has 21 heavy (non-hydrogen) atoms. The van der Waals surface area contributed by atoms with Gasteiger partial charge in [0, 0.05) is 20.1 Å². The molecule has 0 atom stereocenters. The number of aromatic hydroxyl groups is 1. The summed E-state index contributed by atoms with van der Waals surface area (Å²) in [6.07, 6.45) is 0. The molecule has 0 saturated carbocycles. The van der Waals surface area contributed by atoms with Crippen LogP contribution in [0, 0.1) is 0 Å². The van der Waals surface area contributed by atoms with Gasteiger partial charge >= 0.3 is 0 Å². The predicted molar refractivity (Wildman–Crippen MR) is 82.5 cm³/mol. The second kappa shape index (κ2) is 6.63. The van der Waals surface area contributed by atoms with Crippen LogP contribution in [0.4, 0.5) is 0 Å². The molecule has 0 bridgehead atoms. The largest absolute Gasteiger partial charge is 0.504 e. The fraction of sp³-hybridized carbons (Fsp3) is 0.438. The fourth-order valence-electron chi connectivity index (χ4n) is 2.14. The number of rotatable bonds is 6. The Morgan fingerprint density at radius 3 is 2.67 bits per heavy atom. The second-order valence-corrected chi connectivity index (χ2v) is 5.45. The second-order valence-electron chi connectivity index (χ2n) is 5.45. The number of ether oxygens (including phenoxy) is 1. The molecular weight excluding hydrogens is 266 g/mol. The maximum atomic E-state index is 9.57. The van der Waals surface area contributed by atoms with Gasteiger partial charge < -0.3 is 15.2 Å². The van der Waals surface area contributed by atoms with E-state index in [4.69, 9.17) is 4.74 Å². The summed E-state index contributed by atoms with van der Waals surface area (Å²) in [5.41, 5.74) is 3.33. The Hall–Kier alpha value is -2.01. The van der Waals surface area contributed by atoms with Gasteiger partial charge in [-0.3, -0.25) is 4.68 Å². The van der Waals surface area contributed by atoms with Crippen molar-refractivity contribution in [2.24, 2.45) is 7.05 Å². The molecule has 1 aromatic heterocycles. The van der Waals surface area contributed by atoms with Crippen molar-refractivity contribution in [3.63, 3.8) is 0 Å². The van der Waals surface area contributed by atoms with Gasteiger partial charge in [0.05, 0.1) is 18.5 Å². The van der Waals surface area contributed by atoms with Crippen LogP contribution in [0.5, 0.6) is 11.5 Å². The van der Waals surface area contributed by atoms with E-state index in [2.05, 4.69) is 30.3 Å². The van der Waals surface area contributed by atoms with Gasteiger partial charge in [0.25, 0.3) is 0 Å². The molecule has 2 N–H and O–H groups in total. The molecule has 0 aliphatic carbocycles. The van der Waals surface area contributed by atoms with Crippen molar-refractivity contribution < 1.29 is 9.84 Å². The van der Waals surface area contributed by atoms with Gasteiger partial charge in [0.15, 0.2) is 11.5 Å². The highest BCUT2D eigenvalue weighted by molar-refractivity contribution is 5.41. The molecule has 5 heteroatoms. The fourth-order valence-corrected chi connectivity index (χ4v) is 2.14. The first-order valence-electron chi connectivity index (χ1n) is 7.10. The molecule has 0 amide bonds. The first-order valence-corrected chi connectivity index (χ1v) is 7.10. The van der Waals surface area contributed by atoms with Crippen molar-refractivity contribution in [1.82, 2.24) is 15.1 Å². The van der Waals surface area contributed by atoms with Gasteiger partial charge in [-0.15, -0.1) is 0 Å². The lowest BCUT2D eigenvalue weighted by Crippen LogP contribution is -2.15. The summed E-state index contributed by atoms with van der Waals surface area (Å²) >= 11 is 0. The Morgan fingerprint density at radius 2 is 2.05 bits per heavy atom. The number of nitrogens with zero attached hydrogens (tertiary/aromatic N) is 2. The number of aryl methyl sites for hydroxylation is 1. The minimum absolute atomic E-state index is 0.162. The zero-order valence-electron chi connectivity index (χ0n) is 13.1. The van der Waals surface area contributed by atoms with E-state index in [1.807, 2.05) is 23.9 Å².